The van der Waals surface area contributed by atoms with E-state index in [1.165, 1.54) is 17.7 Å². The van der Waals surface area contributed by atoms with Crippen molar-refractivity contribution in [3.05, 3.63) is 35.6 Å². The van der Waals surface area contributed by atoms with Crippen LogP contribution in [0, 0.1) is 5.82 Å². The Morgan fingerprint density at radius 3 is 2.44 bits per heavy atom. The van der Waals surface area contributed by atoms with Crippen molar-refractivity contribution in [1.29, 1.82) is 0 Å². The van der Waals surface area contributed by atoms with Crippen molar-refractivity contribution in [2.45, 2.75) is 25.3 Å². The molecule has 1 aromatic rings. The number of benzene rings is 1. The number of hydrogen-bond donors (Lipinski definition) is 2. The van der Waals surface area contributed by atoms with Gasteiger partial charge in [-0.25, -0.2) is 4.39 Å². The molecule has 0 radical (unpaired) electrons. The van der Waals surface area contributed by atoms with E-state index in [0.717, 1.165) is 19.6 Å². The maximum absolute atomic E-state index is 12.8. The Balaban J connectivity index is 1.96. The maximum atomic E-state index is 12.8. The summed E-state index contributed by atoms with van der Waals surface area (Å²) in [6, 6.07) is 7.40. The third-order valence-electron chi connectivity index (χ3n) is 3.24. The topological polar surface area (TPSA) is 24.1 Å². The van der Waals surface area contributed by atoms with Crippen LogP contribution in [0.4, 0.5) is 4.39 Å². The average molecular weight is 222 g/mol. The first kappa shape index (κ1) is 11.6. The Labute approximate surface area is 96.2 Å². The maximum Gasteiger partial charge on any atom is 0.123 e. The molecule has 0 spiro atoms. The molecule has 0 saturated carbocycles. The predicted molar refractivity (Wildman–Crippen MR) is 64.1 cm³/mol. The van der Waals surface area contributed by atoms with Crippen LogP contribution in [0.5, 0.6) is 0 Å². The molecule has 1 heterocycles. The van der Waals surface area contributed by atoms with Gasteiger partial charge in [0.1, 0.15) is 5.82 Å². The van der Waals surface area contributed by atoms with Crippen LogP contribution in [0.15, 0.2) is 24.3 Å². The second-order valence-electron chi connectivity index (χ2n) is 5.13. The molecule has 3 heteroatoms. The van der Waals surface area contributed by atoms with Crippen molar-refractivity contribution < 1.29 is 4.39 Å². The molecule has 2 N–H and O–H groups in total. The Kier molecular flexibility index (Phi) is 3.26. The summed E-state index contributed by atoms with van der Waals surface area (Å²) in [6.45, 7) is 7.39. The van der Waals surface area contributed by atoms with Gasteiger partial charge in [0.2, 0.25) is 0 Å². The Morgan fingerprint density at radius 2 is 1.94 bits per heavy atom. The number of halogens is 1. The summed E-state index contributed by atoms with van der Waals surface area (Å²) in [5, 5.41) is 6.75. The minimum atomic E-state index is -0.171. The highest BCUT2D eigenvalue weighted by Crippen LogP contribution is 2.22. The summed E-state index contributed by atoms with van der Waals surface area (Å²) in [5.74, 6) is -0.171. The fraction of sp³-hybridized carbons (Fsp3) is 0.538. The van der Waals surface area contributed by atoms with E-state index in [4.69, 9.17) is 0 Å². The monoisotopic (exact) mass is 222 g/mol. The standard InChI is InChI=1S/C13H19FN2/c1-13(2,9-16-12-7-15-8-12)10-3-5-11(14)6-4-10/h3-6,12,15-16H,7-9H2,1-2H3. The summed E-state index contributed by atoms with van der Waals surface area (Å²) < 4.78 is 12.8. The van der Waals surface area contributed by atoms with Crippen molar-refractivity contribution >= 4 is 0 Å². The van der Waals surface area contributed by atoms with Crippen molar-refractivity contribution in [2.75, 3.05) is 19.6 Å². The van der Waals surface area contributed by atoms with Crippen molar-refractivity contribution in [2.24, 2.45) is 0 Å². The van der Waals surface area contributed by atoms with Crippen LogP contribution in [0.25, 0.3) is 0 Å². The van der Waals surface area contributed by atoms with Gasteiger partial charge in [-0.05, 0) is 17.7 Å². The van der Waals surface area contributed by atoms with Crippen LogP contribution in [0.3, 0.4) is 0 Å². The molecule has 88 valence electrons. The zero-order chi connectivity index (χ0) is 11.6. The van der Waals surface area contributed by atoms with E-state index in [1.54, 1.807) is 0 Å². The van der Waals surface area contributed by atoms with Gasteiger partial charge < -0.3 is 10.6 Å². The molecule has 1 aliphatic heterocycles. The molecule has 0 bridgehead atoms. The van der Waals surface area contributed by atoms with Crippen LogP contribution < -0.4 is 10.6 Å². The largest absolute Gasteiger partial charge is 0.314 e. The zero-order valence-corrected chi connectivity index (χ0v) is 9.89. The highest BCUT2D eigenvalue weighted by Gasteiger charge is 2.23. The van der Waals surface area contributed by atoms with Gasteiger partial charge in [-0.1, -0.05) is 26.0 Å². The van der Waals surface area contributed by atoms with E-state index in [1.807, 2.05) is 12.1 Å². The van der Waals surface area contributed by atoms with E-state index in [-0.39, 0.29) is 11.2 Å². The third-order valence-corrected chi connectivity index (χ3v) is 3.24. The minimum absolute atomic E-state index is 0.0449. The smallest absolute Gasteiger partial charge is 0.123 e. The number of hydrogen-bond acceptors (Lipinski definition) is 2. The van der Waals surface area contributed by atoms with E-state index in [9.17, 15) is 4.39 Å². The first-order valence-electron chi connectivity index (χ1n) is 5.78. The molecule has 0 amide bonds. The molecule has 0 unspecified atom stereocenters. The summed E-state index contributed by atoms with van der Waals surface area (Å²) in [5.41, 5.74) is 1.22. The molecule has 1 fully saturated rings. The van der Waals surface area contributed by atoms with Gasteiger partial charge in [0.25, 0.3) is 0 Å². The molecule has 1 aliphatic rings. The third kappa shape index (κ3) is 2.60. The SMILES string of the molecule is CC(C)(CNC1CNC1)c1ccc(F)cc1. The molecule has 1 aromatic carbocycles. The van der Waals surface area contributed by atoms with Crippen LogP contribution in [0.2, 0.25) is 0 Å². The van der Waals surface area contributed by atoms with Crippen molar-refractivity contribution in [3.8, 4) is 0 Å². The molecular formula is C13H19FN2. The second kappa shape index (κ2) is 4.52. The summed E-state index contributed by atoms with van der Waals surface area (Å²) in [4.78, 5) is 0. The lowest BCUT2D eigenvalue weighted by atomic mass is 9.84. The molecule has 1 saturated heterocycles. The second-order valence-corrected chi connectivity index (χ2v) is 5.13. The molecule has 0 atom stereocenters. The van der Waals surface area contributed by atoms with Gasteiger partial charge in [-0.15, -0.1) is 0 Å². The van der Waals surface area contributed by atoms with E-state index in [2.05, 4.69) is 24.5 Å². The van der Waals surface area contributed by atoms with Gasteiger partial charge >= 0.3 is 0 Å². The lowest BCUT2D eigenvalue weighted by Gasteiger charge is -2.33. The quantitative estimate of drug-likeness (QED) is 0.809. The van der Waals surface area contributed by atoms with Gasteiger partial charge in [0.15, 0.2) is 0 Å². The Hall–Kier alpha value is -0.930. The van der Waals surface area contributed by atoms with Crippen molar-refractivity contribution in [3.63, 3.8) is 0 Å². The van der Waals surface area contributed by atoms with E-state index in [0.29, 0.717) is 6.04 Å². The van der Waals surface area contributed by atoms with Crippen molar-refractivity contribution in [1.82, 2.24) is 10.6 Å². The molecule has 0 aromatic heterocycles. The van der Waals surface area contributed by atoms with Gasteiger partial charge in [0, 0.05) is 31.1 Å². The summed E-state index contributed by atoms with van der Waals surface area (Å²) >= 11 is 0. The highest BCUT2D eigenvalue weighted by atomic mass is 19.1. The normalized spacial score (nSPS) is 17.2. The first-order valence-corrected chi connectivity index (χ1v) is 5.78. The molecule has 0 aliphatic carbocycles. The number of nitrogens with one attached hydrogen (secondary N) is 2. The van der Waals surface area contributed by atoms with Gasteiger partial charge in [0.05, 0.1) is 0 Å². The highest BCUT2D eigenvalue weighted by molar-refractivity contribution is 5.24. The van der Waals surface area contributed by atoms with Gasteiger partial charge in [-0.3, -0.25) is 0 Å². The Morgan fingerprint density at radius 1 is 1.31 bits per heavy atom. The molecule has 16 heavy (non-hydrogen) atoms. The van der Waals surface area contributed by atoms with Crippen LogP contribution in [0.1, 0.15) is 19.4 Å². The Bertz CT molecular complexity index is 341. The lowest BCUT2D eigenvalue weighted by molar-refractivity contribution is 0.333. The predicted octanol–water partition coefficient (Wildman–Crippen LogP) is 1.66. The van der Waals surface area contributed by atoms with Crippen LogP contribution in [-0.2, 0) is 5.41 Å². The summed E-state index contributed by atoms with van der Waals surface area (Å²) in [7, 11) is 0. The summed E-state index contributed by atoms with van der Waals surface area (Å²) in [6.07, 6.45) is 0. The average Bonchev–Trinajstić information content (AvgIpc) is 2.15. The number of rotatable bonds is 4. The minimum Gasteiger partial charge on any atom is -0.314 e. The fourth-order valence-electron chi connectivity index (χ4n) is 1.84. The molecule has 2 nitrogen and oxygen atoms in total. The molecule has 2 rings (SSSR count). The van der Waals surface area contributed by atoms with Crippen LogP contribution >= 0.6 is 0 Å². The van der Waals surface area contributed by atoms with E-state index >= 15 is 0 Å². The van der Waals surface area contributed by atoms with Crippen LogP contribution in [-0.4, -0.2) is 25.7 Å². The first-order chi connectivity index (χ1) is 7.58. The zero-order valence-electron chi connectivity index (χ0n) is 9.89. The lowest BCUT2D eigenvalue weighted by Crippen LogP contribution is -2.57. The fourth-order valence-corrected chi connectivity index (χ4v) is 1.84. The molecular weight excluding hydrogens is 203 g/mol. The van der Waals surface area contributed by atoms with Gasteiger partial charge in [-0.2, -0.15) is 0 Å². The van der Waals surface area contributed by atoms with E-state index < -0.39 is 0 Å².